The van der Waals surface area contributed by atoms with Crippen LogP contribution in [0.15, 0.2) is 0 Å². The van der Waals surface area contributed by atoms with Crippen LogP contribution in [0.25, 0.3) is 0 Å². The number of carboxylic acids is 1. The van der Waals surface area contributed by atoms with Crippen LogP contribution >= 0.6 is 48.5 Å². The van der Waals surface area contributed by atoms with E-state index >= 15 is 0 Å². The summed E-state index contributed by atoms with van der Waals surface area (Å²) in [6.07, 6.45) is 4.23. The summed E-state index contributed by atoms with van der Waals surface area (Å²) in [6.45, 7) is 0.378. The van der Waals surface area contributed by atoms with Crippen molar-refractivity contribution in [2.75, 3.05) is 28.6 Å². The Kier molecular flexibility index (Phi) is 8.00. The first-order valence-corrected chi connectivity index (χ1v) is 9.78. The van der Waals surface area contributed by atoms with Gasteiger partial charge in [-0.1, -0.05) is 38.5 Å². The van der Waals surface area contributed by atoms with Gasteiger partial charge in [0.2, 0.25) is 0 Å². The Balaban J connectivity index is 3.79. The first kappa shape index (κ1) is 16.5. The normalized spacial score (nSPS) is 14.2. The van der Waals surface area contributed by atoms with Gasteiger partial charge in [-0.2, -0.15) is 0 Å². The number of hydrogen-bond donors (Lipinski definition) is 1. The summed E-state index contributed by atoms with van der Waals surface area (Å²) < 4.78 is 6.05. The van der Waals surface area contributed by atoms with E-state index in [4.69, 9.17) is 9.84 Å². The number of carboxylic acid groups (broad SMARTS) is 1. The number of carbonyl (C=O) groups excluding carboxylic acids is 1. The number of halogens is 2. The van der Waals surface area contributed by atoms with E-state index in [9.17, 15) is 9.59 Å². The third-order valence-corrected chi connectivity index (χ3v) is 9.44. The summed E-state index contributed by atoms with van der Waals surface area (Å²) in [4.78, 5) is 20.8. The van der Waals surface area contributed by atoms with E-state index in [1.165, 1.54) is 0 Å². The molecule has 16 heavy (non-hydrogen) atoms. The average molecular weight is 427 g/mol. The van der Waals surface area contributed by atoms with Crippen molar-refractivity contribution in [1.82, 2.24) is 0 Å². The number of hydrogen-bond acceptors (Lipinski definition) is 3. The predicted molar refractivity (Wildman–Crippen MR) is 79.1 cm³/mol. The zero-order chi connectivity index (χ0) is 12.8. The molecule has 0 aromatic heterocycles. The molecule has 96 valence electrons. The Morgan fingerprint density at radius 1 is 1.50 bits per heavy atom. The monoisotopic (exact) mass is 426 g/mol. The first-order chi connectivity index (χ1) is 7.28. The van der Waals surface area contributed by atoms with E-state index in [1.807, 2.05) is 0 Å². The minimum absolute atomic E-state index is 0.130. The van der Waals surface area contributed by atoms with Crippen molar-refractivity contribution in [2.45, 2.75) is 11.2 Å². The molecule has 0 heterocycles. The second kappa shape index (κ2) is 7.75. The van der Waals surface area contributed by atoms with E-state index < -0.39 is 26.8 Å². The summed E-state index contributed by atoms with van der Waals surface area (Å²) in [6, 6.07) is 0. The highest BCUT2D eigenvalue weighted by Crippen LogP contribution is 2.40. The number of ether oxygens (including phenoxy) is 1. The molecule has 0 saturated heterocycles. The zero-order valence-corrected chi connectivity index (χ0v) is 13.8. The molecule has 0 fully saturated rings. The van der Waals surface area contributed by atoms with Crippen molar-refractivity contribution < 1.29 is 19.4 Å². The van der Waals surface area contributed by atoms with Crippen molar-refractivity contribution in [3.63, 3.8) is 0 Å². The van der Waals surface area contributed by atoms with Crippen molar-refractivity contribution in [2.24, 2.45) is 0 Å². The second-order valence-corrected chi connectivity index (χ2v) is 10.9. The average Bonchev–Trinajstić information content (AvgIpc) is 2.17. The molecule has 0 bridgehead atoms. The molecule has 0 saturated carbocycles. The largest absolute Gasteiger partial charge is 0.480 e. The SMILES string of the molecule is CS(C)(CI)CCOC(=O)C[C@H](Br)C(=O)O. The fourth-order valence-corrected chi connectivity index (χ4v) is 2.57. The Morgan fingerprint density at radius 3 is 2.50 bits per heavy atom. The van der Waals surface area contributed by atoms with Crippen LogP contribution in [0, 0.1) is 0 Å². The van der Waals surface area contributed by atoms with Crippen molar-refractivity contribution in [1.29, 1.82) is 0 Å². The van der Waals surface area contributed by atoms with E-state index in [0.29, 0.717) is 6.61 Å². The van der Waals surface area contributed by atoms with Gasteiger partial charge in [-0.3, -0.25) is 9.59 Å². The Morgan fingerprint density at radius 2 is 2.06 bits per heavy atom. The van der Waals surface area contributed by atoms with E-state index in [0.717, 1.165) is 9.51 Å². The summed E-state index contributed by atoms with van der Waals surface area (Å²) in [5.74, 6) is -0.648. The van der Waals surface area contributed by atoms with Crippen LogP contribution in [0.4, 0.5) is 0 Å². The van der Waals surface area contributed by atoms with Gasteiger partial charge in [-0.05, 0) is 12.5 Å². The summed E-state index contributed by atoms with van der Waals surface area (Å²) >= 11 is 5.22. The molecule has 0 unspecified atom stereocenters. The quantitative estimate of drug-likeness (QED) is 0.385. The molecule has 1 N–H and O–H groups in total. The molecule has 1 atom stereocenters. The van der Waals surface area contributed by atoms with Gasteiger partial charge in [0.15, 0.2) is 0 Å². The number of rotatable bonds is 7. The highest BCUT2D eigenvalue weighted by Gasteiger charge is 2.19. The molecule has 4 nitrogen and oxygen atoms in total. The molecule has 0 aromatic rings. The number of carbonyl (C=O) groups is 2. The Labute approximate surface area is 119 Å². The molecule has 0 aliphatic heterocycles. The Bertz CT molecular complexity index is 260. The third kappa shape index (κ3) is 7.72. The lowest BCUT2D eigenvalue weighted by Crippen LogP contribution is -2.20. The topological polar surface area (TPSA) is 63.6 Å². The first-order valence-electron chi connectivity index (χ1n) is 4.55. The fraction of sp³-hybridized carbons (Fsp3) is 0.778. The van der Waals surface area contributed by atoms with Gasteiger partial charge in [-0.15, -0.1) is 0 Å². The van der Waals surface area contributed by atoms with Gasteiger partial charge in [0.05, 0.1) is 13.0 Å². The lowest BCUT2D eigenvalue weighted by atomic mass is 10.3. The maximum Gasteiger partial charge on any atom is 0.317 e. The minimum Gasteiger partial charge on any atom is -0.480 e. The van der Waals surface area contributed by atoms with Crippen LogP contribution < -0.4 is 0 Å². The Hall–Kier alpha value is 0.500. The molecule has 0 radical (unpaired) electrons. The van der Waals surface area contributed by atoms with Crippen LogP contribution in [-0.4, -0.2) is 50.5 Å². The summed E-state index contributed by atoms with van der Waals surface area (Å²) in [5.41, 5.74) is 0. The van der Waals surface area contributed by atoms with Crippen LogP contribution in [0.5, 0.6) is 0 Å². The smallest absolute Gasteiger partial charge is 0.317 e. The zero-order valence-electron chi connectivity index (χ0n) is 9.24. The maximum absolute atomic E-state index is 11.2. The predicted octanol–water partition coefficient (Wildman–Crippen LogP) is 2.22. The number of esters is 1. The molecular formula is C9H16BrIO4S. The molecule has 0 aliphatic rings. The molecule has 0 rings (SSSR count). The van der Waals surface area contributed by atoms with Gasteiger partial charge < -0.3 is 9.84 Å². The van der Waals surface area contributed by atoms with Crippen LogP contribution in [-0.2, 0) is 14.3 Å². The number of alkyl halides is 2. The van der Waals surface area contributed by atoms with Gasteiger partial charge in [0.1, 0.15) is 4.83 Å². The highest BCUT2D eigenvalue weighted by molar-refractivity contribution is 14.1. The molecule has 0 aromatic carbocycles. The standard InChI is InChI=1S/C9H16BrIO4S/c1-16(2,6-11)4-3-15-8(12)5-7(10)9(13)14/h7H,3-6H2,1-2H3,(H,13,14)/t7-/m0/s1. The summed E-state index contributed by atoms with van der Waals surface area (Å²) in [5, 5.41) is 8.57. The van der Waals surface area contributed by atoms with E-state index in [-0.39, 0.29) is 6.42 Å². The molecule has 0 spiro atoms. The van der Waals surface area contributed by atoms with Gasteiger partial charge in [0.25, 0.3) is 0 Å². The van der Waals surface area contributed by atoms with E-state index in [1.54, 1.807) is 0 Å². The summed E-state index contributed by atoms with van der Waals surface area (Å²) in [7, 11) is -0.679. The van der Waals surface area contributed by atoms with Crippen molar-refractivity contribution in [3.8, 4) is 0 Å². The molecule has 7 heteroatoms. The van der Waals surface area contributed by atoms with Crippen LogP contribution in [0.1, 0.15) is 6.42 Å². The molecule has 0 aliphatic carbocycles. The number of aliphatic carboxylic acids is 1. The highest BCUT2D eigenvalue weighted by atomic mass is 127. The van der Waals surface area contributed by atoms with Crippen LogP contribution in [0.2, 0.25) is 0 Å². The van der Waals surface area contributed by atoms with Gasteiger partial charge >= 0.3 is 11.9 Å². The van der Waals surface area contributed by atoms with E-state index in [2.05, 4.69) is 51.0 Å². The second-order valence-electron chi connectivity index (χ2n) is 3.81. The lowest BCUT2D eigenvalue weighted by Gasteiger charge is -2.27. The van der Waals surface area contributed by atoms with Crippen LogP contribution in [0.3, 0.4) is 0 Å². The van der Waals surface area contributed by atoms with Gasteiger partial charge in [0, 0.05) is 9.51 Å². The molecule has 0 amide bonds. The molecular weight excluding hydrogens is 411 g/mol. The van der Waals surface area contributed by atoms with Crippen molar-refractivity contribution in [3.05, 3.63) is 0 Å². The maximum atomic E-state index is 11.2. The van der Waals surface area contributed by atoms with Gasteiger partial charge in [-0.25, -0.2) is 10.0 Å². The third-order valence-electron chi connectivity index (χ3n) is 1.81. The minimum atomic E-state index is -1.05. The fourth-order valence-electron chi connectivity index (χ4n) is 0.728. The lowest BCUT2D eigenvalue weighted by molar-refractivity contribution is -0.146. The van der Waals surface area contributed by atoms with Crippen molar-refractivity contribution >= 4 is 60.5 Å².